The van der Waals surface area contributed by atoms with E-state index in [0.717, 1.165) is 5.56 Å². The summed E-state index contributed by atoms with van der Waals surface area (Å²) in [6.45, 7) is 3.34. The number of nitrogens with one attached hydrogen (secondary N) is 2. The Balaban J connectivity index is 1.96. The number of rotatable bonds is 7. The fourth-order valence-corrected chi connectivity index (χ4v) is 4.15. The number of nitrogens with two attached hydrogens (primary N) is 1. The maximum atomic E-state index is 12.2. The lowest BCUT2D eigenvalue weighted by Crippen LogP contribution is -2.28. The Labute approximate surface area is 158 Å². The number of sulfonamides is 2. The molecule has 0 unspecified atom stereocenters. The quantitative estimate of drug-likeness (QED) is 0.630. The standard InChI is InChI=1S/C17H21N3O5S2/c1-12-3-7-15(8-4-12)27(24,25)19-10-9-17(21)20-14-6-5-13(2)16(11-14)26(18,22)23/h3-8,11,19H,9-10H2,1-2H3,(H,20,21)(H2,18,22,23). The summed E-state index contributed by atoms with van der Waals surface area (Å²) in [5.41, 5.74) is 1.66. The summed E-state index contributed by atoms with van der Waals surface area (Å²) in [7, 11) is -7.61. The topological polar surface area (TPSA) is 135 Å². The van der Waals surface area contributed by atoms with Crippen molar-refractivity contribution in [1.82, 2.24) is 4.72 Å². The average Bonchev–Trinajstić information content (AvgIpc) is 2.56. The first-order chi connectivity index (χ1) is 12.5. The number of benzene rings is 2. The first-order valence-electron chi connectivity index (χ1n) is 7.99. The third-order valence-electron chi connectivity index (χ3n) is 3.75. The van der Waals surface area contributed by atoms with Gasteiger partial charge >= 0.3 is 0 Å². The predicted octanol–water partition coefficient (Wildman–Crippen LogP) is 1.26. The van der Waals surface area contributed by atoms with Crippen LogP contribution < -0.4 is 15.2 Å². The maximum Gasteiger partial charge on any atom is 0.240 e. The van der Waals surface area contributed by atoms with Crippen molar-refractivity contribution in [2.24, 2.45) is 5.14 Å². The van der Waals surface area contributed by atoms with Gasteiger partial charge in [0.25, 0.3) is 0 Å². The molecule has 4 N–H and O–H groups in total. The molecule has 0 aliphatic carbocycles. The van der Waals surface area contributed by atoms with Gasteiger partial charge < -0.3 is 5.32 Å². The molecule has 10 heteroatoms. The summed E-state index contributed by atoms with van der Waals surface area (Å²) in [6, 6.07) is 10.7. The van der Waals surface area contributed by atoms with Crippen LogP contribution in [-0.4, -0.2) is 29.3 Å². The highest BCUT2D eigenvalue weighted by molar-refractivity contribution is 7.89. The van der Waals surface area contributed by atoms with E-state index in [4.69, 9.17) is 5.14 Å². The van der Waals surface area contributed by atoms with Gasteiger partial charge in [-0.05, 0) is 43.7 Å². The third-order valence-corrected chi connectivity index (χ3v) is 6.28. The van der Waals surface area contributed by atoms with Crippen LogP contribution in [0.2, 0.25) is 0 Å². The average molecular weight is 412 g/mol. The van der Waals surface area contributed by atoms with E-state index >= 15 is 0 Å². The molecule has 2 rings (SSSR count). The summed E-state index contributed by atoms with van der Waals surface area (Å²) in [6.07, 6.45) is -0.121. The molecule has 0 heterocycles. The van der Waals surface area contributed by atoms with Crippen molar-refractivity contribution in [3.63, 3.8) is 0 Å². The fraction of sp³-hybridized carbons (Fsp3) is 0.235. The SMILES string of the molecule is Cc1ccc(S(=O)(=O)NCCC(=O)Nc2ccc(C)c(S(N)(=O)=O)c2)cc1. The minimum absolute atomic E-state index is 0.0830. The van der Waals surface area contributed by atoms with E-state index in [0.29, 0.717) is 5.56 Å². The lowest BCUT2D eigenvalue weighted by molar-refractivity contribution is -0.116. The molecule has 8 nitrogen and oxygen atoms in total. The first kappa shape index (κ1) is 21.0. The summed E-state index contributed by atoms with van der Waals surface area (Å²) < 4.78 is 49.7. The Hall–Kier alpha value is -2.27. The zero-order chi connectivity index (χ0) is 20.2. The van der Waals surface area contributed by atoms with Crippen molar-refractivity contribution >= 4 is 31.6 Å². The highest BCUT2D eigenvalue weighted by atomic mass is 32.2. The molecule has 0 fully saturated rings. The predicted molar refractivity (Wildman–Crippen MR) is 102 cm³/mol. The summed E-state index contributed by atoms with van der Waals surface area (Å²) in [5.74, 6) is -0.467. The number of carbonyl (C=O) groups excluding carboxylic acids is 1. The summed E-state index contributed by atoms with van der Waals surface area (Å²) in [5, 5.41) is 7.65. The molecule has 0 aliphatic heterocycles. The van der Waals surface area contributed by atoms with Gasteiger partial charge in [0, 0.05) is 18.7 Å². The second kappa shape index (κ2) is 8.17. The molecule has 27 heavy (non-hydrogen) atoms. The van der Waals surface area contributed by atoms with Gasteiger partial charge in [-0.1, -0.05) is 23.8 Å². The van der Waals surface area contributed by atoms with Crippen LogP contribution in [-0.2, 0) is 24.8 Å². The number of amides is 1. The second-order valence-electron chi connectivity index (χ2n) is 6.03. The van der Waals surface area contributed by atoms with E-state index in [2.05, 4.69) is 10.0 Å². The normalized spacial score (nSPS) is 12.0. The van der Waals surface area contributed by atoms with Crippen molar-refractivity contribution < 1.29 is 21.6 Å². The zero-order valence-corrected chi connectivity index (χ0v) is 16.5. The molecule has 146 valence electrons. The molecule has 0 radical (unpaired) electrons. The van der Waals surface area contributed by atoms with Gasteiger partial charge in [-0.15, -0.1) is 0 Å². The van der Waals surface area contributed by atoms with Crippen LogP contribution in [0.5, 0.6) is 0 Å². The van der Waals surface area contributed by atoms with Gasteiger partial charge in [-0.25, -0.2) is 26.7 Å². The smallest absolute Gasteiger partial charge is 0.240 e. The van der Waals surface area contributed by atoms with E-state index in [-0.39, 0.29) is 28.4 Å². The van der Waals surface area contributed by atoms with E-state index in [1.54, 1.807) is 25.1 Å². The number of hydrogen-bond donors (Lipinski definition) is 3. The molecular weight excluding hydrogens is 390 g/mol. The lowest BCUT2D eigenvalue weighted by Gasteiger charge is -2.10. The number of primary sulfonamides is 1. The van der Waals surface area contributed by atoms with Crippen LogP contribution in [0.4, 0.5) is 5.69 Å². The van der Waals surface area contributed by atoms with Crippen molar-refractivity contribution in [3.05, 3.63) is 53.6 Å². The number of anilines is 1. The van der Waals surface area contributed by atoms with E-state index in [1.165, 1.54) is 24.3 Å². The van der Waals surface area contributed by atoms with Crippen LogP contribution in [0, 0.1) is 13.8 Å². The van der Waals surface area contributed by atoms with Gasteiger partial charge in [0.2, 0.25) is 26.0 Å². The van der Waals surface area contributed by atoms with Gasteiger partial charge in [-0.2, -0.15) is 0 Å². The maximum absolute atomic E-state index is 12.2. The molecule has 0 bridgehead atoms. The van der Waals surface area contributed by atoms with Crippen LogP contribution in [0.25, 0.3) is 0 Å². The van der Waals surface area contributed by atoms with Crippen LogP contribution in [0.1, 0.15) is 17.5 Å². The van der Waals surface area contributed by atoms with E-state index < -0.39 is 26.0 Å². The summed E-state index contributed by atoms with van der Waals surface area (Å²) >= 11 is 0. The van der Waals surface area contributed by atoms with E-state index in [1.807, 2.05) is 6.92 Å². The van der Waals surface area contributed by atoms with E-state index in [9.17, 15) is 21.6 Å². The summed E-state index contributed by atoms with van der Waals surface area (Å²) in [4.78, 5) is 12.0. The van der Waals surface area contributed by atoms with Crippen LogP contribution >= 0.6 is 0 Å². The lowest BCUT2D eigenvalue weighted by atomic mass is 10.2. The number of carbonyl (C=O) groups is 1. The van der Waals surface area contributed by atoms with Crippen LogP contribution in [0.15, 0.2) is 52.3 Å². The molecule has 2 aromatic carbocycles. The highest BCUT2D eigenvalue weighted by Gasteiger charge is 2.15. The van der Waals surface area contributed by atoms with Gasteiger partial charge in [0.1, 0.15) is 0 Å². The monoisotopic (exact) mass is 411 g/mol. The molecular formula is C17H21N3O5S2. The van der Waals surface area contributed by atoms with Gasteiger partial charge in [0.15, 0.2) is 0 Å². The third kappa shape index (κ3) is 5.86. The Morgan fingerprint density at radius 3 is 2.22 bits per heavy atom. The van der Waals surface area contributed by atoms with Gasteiger partial charge in [-0.3, -0.25) is 4.79 Å². The van der Waals surface area contributed by atoms with Gasteiger partial charge in [0.05, 0.1) is 9.79 Å². The minimum Gasteiger partial charge on any atom is -0.326 e. The fourth-order valence-electron chi connectivity index (χ4n) is 2.31. The number of aryl methyl sites for hydroxylation is 2. The minimum atomic E-state index is -3.90. The zero-order valence-electron chi connectivity index (χ0n) is 14.9. The van der Waals surface area contributed by atoms with Crippen LogP contribution in [0.3, 0.4) is 0 Å². The molecule has 0 saturated carbocycles. The molecule has 2 aromatic rings. The Morgan fingerprint density at radius 1 is 1.00 bits per heavy atom. The molecule has 0 atom stereocenters. The first-order valence-corrected chi connectivity index (χ1v) is 11.0. The van der Waals surface area contributed by atoms with Crippen molar-refractivity contribution in [2.45, 2.75) is 30.1 Å². The Morgan fingerprint density at radius 2 is 1.63 bits per heavy atom. The largest absolute Gasteiger partial charge is 0.326 e. The molecule has 0 aromatic heterocycles. The molecule has 0 spiro atoms. The van der Waals surface area contributed by atoms with Crippen molar-refractivity contribution in [3.8, 4) is 0 Å². The second-order valence-corrected chi connectivity index (χ2v) is 9.33. The highest BCUT2D eigenvalue weighted by Crippen LogP contribution is 2.19. The Kier molecular flexibility index (Phi) is 6.37. The molecule has 0 saturated heterocycles. The Bertz CT molecular complexity index is 1050. The number of hydrogen-bond acceptors (Lipinski definition) is 5. The molecule has 1 amide bonds. The van der Waals surface area contributed by atoms with Crippen molar-refractivity contribution in [2.75, 3.05) is 11.9 Å². The van der Waals surface area contributed by atoms with Crippen molar-refractivity contribution in [1.29, 1.82) is 0 Å². The molecule has 0 aliphatic rings.